The molecule has 150 valence electrons. The van der Waals surface area contributed by atoms with Gasteiger partial charge in [-0.1, -0.05) is 11.6 Å². The lowest BCUT2D eigenvalue weighted by atomic mass is 9.99. The summed E-state index contributed by atoms with van der Waals surface area (Å²) < 4.78 is 27.2. The largest absolute Gasteiger partial charge is 0.302 e. The molecule has 6 nitrogen and oxygen atoms in total. The Labute approximate surface area is 174 Å². The van der Waals surface area contributed by atoms with E-state index in [0.717, 1.165) is 25.0 Å². The molecule has 4 rings (SSSR count). The summed E-state index contributed by atoms with van der Waals surface area (Å²) in [5.41, 5.74) is 1.10. The molecule has 1 aliphatic heterocycles. The van der Waals surface area contributed by atoms with Crippen LogP contribution in [0.15, 0.2) is 29.2 Å². The van der Waals surface area contributed by atoms with E-state index in [1.54, 1.807) is 23.5 Å². The van der Waals surface area contributed by atoms with E-state index in [9.17, 15) is 13.2 Å². The highest BCUT2D eigenvalue weighted by Gasteiger charge is 2.33. The first-order chi connectivity index (χ1) is 13.4. The molecule has 0 saturated carbocycles. The minimum Gasteiger partial charge on any atom is -0.302 e. The number of carbonyl (C=O) groups excluding carboxylic acids is 1. The molecule has 1 aromatic heterocycles. The maximum absolute atomic E-state index is 12.9. The van der Waals surface area contributed by atoms with Crippen LogP contribution in [-0.2, 0) is 27.7 Å². The van der Waals surface area contributed by atoms with Crippen molar-refractivity contribution in [1.29, 1.82) is 0 Å². The number of sulfonamides is 1. The number of thiazole rings is 1. The van der Waals surface area contributed by atoms with Gasteiger partial charge in [-0.05, 0) is 62.8 Å². The summed E-state index contributed by atoms with van der Waals surface area (Å²) in [7, 11) is -3.64. The molecule has 9 heteroatoms. The number of halogens is 1. The van der Waals surface area contributed by atoms with Crippen molar-refractivity contribution in [2.75, 3.05) is 18.4 Å². The summed E-state index contributed by atoms with van der Waals surface area (Å²) in [6, 6.07) is 6.13. The Morgan fingerprint density at radius 2 is 1.93 bits per heavy atom. The predicted molar refractivity (Wildman–Crippen MR) is 110 cm³/mol. The highest BCUT2D eigenvalue weighted by atomic mass is 35.5. The highest BCUT2D eigenvalue weighted by molar-refractivity contribution is 7.89. The number of aromatic nitrogens is 1. The second-order valence-electron chi connectivity index (χ2n) is 7.24. The second kappa shape index (κ2) is 8.10. The molecule has 2 aliphatic rings. The maximum Gasteiger partial charge on any atom is 0.243 e. The number of hydrogen-bond donors (Lipinski definition) is 1. The van der Waals surface area contributed by atoms with E-state index in [1.807, 2.05) is 0 Å². The Morgan fingerprint density at radius 3 is 2.68 bits per heavy atom. The average Bonchev–Trinajstić information content (AvgIpc) is 3.10. The number of piperidine rings is 1. The van der Waals surface area contributed by atoms with Crippen LogP contribution in [0.5, 0.6) is 0 Å². The van der Waals surface area contributed by atoms with Gasteiger partial charge >= 0.3 is 0 Å². The lowest BCUT2D eigenvalue weighted by Gasteiger charge is -2.31. The first-order valence-corrected chi connectivity index (χ1v) is 12.1. The van der Waals surface area contributed by atoms with Crippen LogP contribution in [0.2, 0.25) is 5.02 Å². The molecule has 1 aromatic carbocycles. The minimum absolute atomic E-state index is 0.151. The van der Waals surface area contributed by atoms with Crippen molar-refractivity contribution in [3.05, 3.63) is 39.9 Å². The van der Waals surface area contributed by atoms with Crippen LogP contribution in [0.4, 0.5) is 5.13 Å². The Balaban J connectivity index is 1.45. The maximum atomic E-state index is 12.9. The fourth-order valence-corrected chi connectivity index (χ4v) is 6.45. The van der Waals surface area contributed by atoms with E-state index < -0.39 is 10.0 Å². The Kier molecular flexibility index (Phi) is 5.73. The van der Waals surface area contributed by atoms with Gasteiger partial charge in [-0.15, -0.1) is 11.3 Å². The van der Waals surface area contributed by atoms with E-state index >= 15 is 0 Å². The van der Waals surface area contributed by atoms with E-state index in [2.05, 4.69) is 10.3 Å². The van der Waals surface area contributed by atoms with Crippen LogP contribution in [-0.4, -0.2) is 36.7 Å². The Hall–Kier alpha value is -1.48. The smallest absolute Gasteiger partial charge is 0.243 e. The topological polar surface area (TPSA) is 79.4 Å². The van der Waals surface area contributed by atoms with Gasteiger partial charge in [0.1, 0.15) is 0 Å². The third-order valence-corrected chi connectivity index (χ3v) is 8.49. The first kappa shape index (κ1) is 19.8. The van der Waals surface area contributed by atoms with Crippen LogP contribution in [0.1, 0.15) is 36.3 Å². The van der Waals surface area contributed by atoms with Crippen molar-refractivity contribution in [2.24, 2.45) is 5.92 Å². The molecule has 2 aromatic rings. The number of nitrogens with zero attached hydrogens (tertiary/aromatic N) is 2. The van der Waals surface area contributed by atoms with Gasteiger partial charge in [0.15, 0.2) is 5.13 Å². The SMILES string of the molecule is O=C(Nc1nc2c(s1)CCCC2)C1CCCN(S(=O)(=O)c2ccc(Cl)cc2)C1. The lowest BCUT2D eigenvalue weighted by Crippen LogP contribution is -2.43. The van der Waals surface area contributed by atoms with Gasteiger partial charge in [0, 0.05) is 23.0 Å². The summed E-state index contributed by atoms with van der Waals surface area (Å²) in [4.78, 5) is 18.8. The van der Waals surface area contributed by atoms with Crippen molar-refractivity contribution in [2.45, 2.75) is 43.4 Å². The van der Waals surface area contributed by atoms with Crippen molar-refractivity contribution in [3.8, 4) is 0 Å². The van der Waals surface area contributed by atoms with Crippen molar-refractivity contribution in [3.63, 3.8) is 0 Å². The zero-order valence-corrected chi connectivity index (χ0v) is 17.7. The van der Waals surface area contributed by atoms with Crippen molar-refractivity contribution < 1.29 is 13.2 Å². The molecule has 0 spiro atoms. The standard InChI is InChI=1S/C19H22ClN3O3S2/c20-14-7-9-15(10-8-14)28(25,26)23-11-3-4-13(12-23)18(24)22-19-21-16-5-1-2-6-17(16)27-19/h7-10,13H,1-6,11-12H2,(H,21,22,24). The molecule has 1 saturated heterocycles. The fourth-order valence-electron chi connectivity index (χ4n) is 3.74. The molecule has 1 aliphatic carbocycles. The number of benzene rings is 1. The zero-order valence-electron chi connectivity index (χ0n) is 15.4. The number of fused-ring (bicyclic) bond motifs is 1. The van der Waals surface area contributed by atoms with Gasteiger partial charge in [0.25, 0.3) is 0 Å². The number of aryl methyl sites for hydroxylation is 2. The molecule has 1 unspecified atom stereocenters. The van der Waals surface area contributed by atoms with E-state index in [1.165, 1.54) is 27.7 Å². The van der Waals surface area contributed by atoms with Gasteiger partial charge in [-0.2, -0.15) is 4.31 Å². The highest BCUT2D eigenvalue weighted by Crippen LogP contribution is 2.31. The number of carbonyl (C=O) groups is 1. The number of anilines is 1. The summed E-state index contributed by atoms with van der Waals surface area (Å²) >= 11 is 7.41. The molecule has 28 heavy (non-hydrogen) atoms. The van der Waals surface area contributed by atoms with Crippen LogP contribution < -0.4 is 5.32 Å². The van der Waals surface area contributed by atoms with E-state index in [0.29, 0.717) is 29.5 Å². The summed E-state index contributed by atoms with van der Waals surface area (Å²) in [5.74, 6) is -0.529. The van der Waals surface area contributed by atoms with E-state index in [-0.39, 0.29) is 23.3 Å². The molecular formula is C19H22ClN3O3S2. The molecule has 1 fully saturated rings. The van der Waals surface area contributed by atoms with Crippen LogP contribution in [0.25, 0.3) is 0 Å². The summed E-state index contributed by atoms with van der Waals surface area (Å²) in [5, 5.41) is 4.04. The molecule has 1 amide bonds. The van der Waals surface area contributed by atoms with Gasteiger partial charge < -0.3 is 5.32 Å². The molecule has 0 radical (unpaired) electrons. The summed E-state index contributed by atoms with van der Waals surface area (Å²) in [6.45, 7) is 0.599. The minimum atomic E-state index is -3.64. The molecule has 1 atom stereocenters. The number of hydrogen-bond acceptors (Lipinski definition) is 5. The quantitative estimate of drug-likeness (QED) is 0.787. The van der Waals surface area contributed by atoms with Crippen LogP contribution in [0.3, 0.4) is 0 Å². The predicted octanol–water partition coefficient (Wildman–Crippen LogP) is 3.71. The normalized spacial score (nSPS) is 20.5. The van der Waals surface area contributed by atoms with Crippen molar-refractivity contribution in [1.82, 2.24) is 9.29 Å². The van der Waals surface area contributed by atoms with Crippen molar-refractivity contribution >= 4 is 44.0 Å². The number of nitrogens with one attached hydrogen (secondary N) is 1. The van der Waals surface area contributed by atoms with Gasteiger partial charge in [-0.3, -0.25) is 4.79 Å². The Bertz CT molecular complexity index is 949. The summed E-state index contributed by atoms with van der Waals surface area (Å²) in [6.07, 6.45) is 5.63. The van der Waals surface area contributed by atoms with Crippen LogP contribution >= 0.6 is 22.9 Å². The second-order valence-corrected chi connectivity index (χ2v) is 10.7. The van der Waals surface area contributed by atoms with Crippen LogP contribution in [0, 0.1) is 5.92 Å². The zero-order chi connectivity index (χ0) is 19.7. The van der Waals surface area contributed by atoms with E-state index in [4.69, 9.17) is 11.6 Å². The van der Waals surface area contributed by atoms with Gasteiger partial charge in [0.05, 0.1) is 16.5 Å². The molecule has 0 bridgehead atoms. The molecular weight excluding hydrogens is 418 g/mol. The fraction of sp³-hybridized carbons (Fsp3) is 0.474. The molecule has 2 heterocycles. The third-order valence-electron chi connectivity index (χ3n) is 5.28. The number of amides is 1. The Morgan fingerprint density at radius 1 is 1.18 bits per heavy atom. The van der Waals surface area contributed by atoms with Gasteiger partial charge in [0.2, 0.25) is 15.9 Å². The van der Waals surface area contributed by atoms with Gasteiger partial charge in [-0.25, -0.2) is 13.4 Å². The lowest BCUT2D eigenvalue weighted by molar-refractivity contribution is -0.120. The first-order valence-electron chi connectivity index (χ1n) is 9.48. The third kappa shape index (κ3) is 4.10. The number of rotatable bonds is 4. The average molecular weight is 440 g/mol. The monoisotopic (exact) mass is 439 g/mol. The molecule has 1 N–H and O–H groups in total.